The fourth-order valence-electron chi connectivity index (χ4n) is 10.0. The molecule has 1 atom stereocenters. The van der Waals surface area contributed by atoms with Gasteiger partial charge in [0, 0.05) is 38.6 Å². The van der Waals surface area contributed by atoms with Crippen LogP contribution < -0.4 is 4.74 Å². The maximum Gasteiger partial charge on any atom is 0.164 e. The highest BCUT2D eigenvalue weighted by molar-refractivity contribution is 6.06. The molecule has 304 valence electrons. The van der Waals surface area contributed by atoms with E-state index in [2.05, 4.69) is 182 Å². The number of benzene rings is 9. The number of hydrogen-bond donors (Lipinski definition) is 0. The van der Waals surface area contributed by atoms with Gasteiger partial charge in [0.25, 0.3) is 0 Å². The summed E-state index contributed by atoms with van der Waals surface area (Å²) in [6, 6.07) is 74.2. The van der Waals surface area contributed by atoms with Crippen LogP contribution in [0.15, 0.2) is 217 Å². The summed E-state index contributed by atoms with van der Waals surface area (Å²) in [7, 11) is 0. The Balaban J connectivity index is 1.08. The molecule has 65 heavy (non-hydrogen) atoms. The van der Waals surface area contributed by atoms with Crippen molar-refractivity contribution in [1.82, 2.24) is 15.0 Å². The van der Waals surface area contributed by atoms with Crippen molar-refractivity contribution in [2.24, 2.45) is 0 Å². The summed E-state index contributed by atoms with van der Waals surface area (Å²) < 4.78 is 13.6. The number of aromatic nitrogens is 3. The van der Waals surface area contributed by atoms with Crippen LogP contribution in [0, 0.1) is 0 Å². The smallest absolute Gasteiger partial charge is 0.164 e. The van der Waals surface area contributed by atoms with Gasteiger partial charge in [-0.3, -0.25) is 0 Å². The summed E-state index contributed by atoms with van der Waals surface area (Å²) in [6.45, 7) is 0. The van der Waals surface area contributed by atoms with Crippen molar-refractivity contribution < 1.29 is 9.15 Å². The van der Waals surface area contributed by atoms with Crippen molar-refractivity contribution in [1.29, 1.82) is 0 Å². The first-order valence-electron chi connectivity index (χ1n) is 21.9. The van der Waals surface area contributed by atoms with Gasteiger partial charge < -0.3 is 9.15 Å². The molecule has 3 heterocycles. The van der Waals surface area contributed by atoms with Gasteiger partial charge >= 0.3 is 0 Å². The molecule has 0 saturated carbocycles. The molecule has 0 saturated heterocycles. The van der Waals surface area contributed by atoms with Crippen molar-refractivity contribution in [3.05, 3.63) is 246 Å². The third-order valence-corrected chi connectivity index (χ3v) is 13.0. The molecule has 13 rings (SSSR count). The first-order chi connectivity index (χ1) is 32.2. The van der Waals surface area contributed by atoms with Gasteiger partial charge in [0.15, 0.2) is 17.5 Å². The Hall–Kier alpha value is -8.67. The van der Waals surface area contributed by atoms with Crippen LogP contribution in [0.1, 0.15) is 33.4 Å². The fraction of sp³-hybridized carbons (Fsp3) is 0.0167. The molecule has 1 aliphatic carbocycles. The average Bonchev–Trinajstić information content (AvgIpc) is 3.67. The van der Waals surface area contributed by atoms with Crippen LogP contribution in [0.2, 0.25) is 0 Å². The molecule has 0 fully saturated rings. The predicted molar refractivity (Wildman–Crippen MR) is 262 cm³/mol. The maximum absolute atomic E-state index is 6.93. The van der Waals surface area contributed by atoms with Gasteiger partial charge in [-0.2, -0.15) is 0 Å². The van der Waals surface area contributed by atoms with Crippen LogP contribution in [-0.4, -0.2) is 15.0 Å². The Kier molecular flexibility index (Phi) is 8.36. The second-order valence-corrected chi connectivity index (χ2v) is 16.7. The lowest BCUT2D eigenvalue weighted by atomic mass is 9.62. The highest BCUT2D eigenvalue weighted by Gasteiger charge is 2.48. The lowest BCUT2D eigenvalue weighted by molar-refractivity contribution is 0.435. The zero-order valence-electron chi connectivity index (χ0n) is 35.0. The molecule has 5 nitrogen and oxygen atoms in total. The van der Waals surface area contributed by atoms with Gasteiger partial charge in [0.1, 0.15) is 22.7 Å². The molecule has 0 N–H and O–H groups in total. The highest BCUT2D eigenvalue weighted by Crippen LogP contribution is 2.59. The molecule has 9 aromatic carbocycles. The third-order valence-electron chi connectivity index (χ3n) is 13.0. The summed E-state index contributed by atoms with van der Waals surface area (Å²) in [5, 5.41) is 2.07. The standard InChI is InChI=1S/C60H37N3O2/c1-4-16-38(17-5-1)44-32-45(39-18-6-2-7-19-39)34-46(33-44)59-62-57(42-21-8-3-9-22-42)61-58(63-59)43-31-30-41-29-28-40-20-10-12-24-49(40)60(51(41)35-43)50-25-13-15-27-54(50)65-56-36-48-47-23-11-14-26-53(47)64-55(48)37-52(56)60/h1-37H. The van der Waals surface area contributed by atoms with Crippen LogP contribution in [0.25, 0.3) is 90.5 Å². The first kappa shape index (κ1) is 36.9. The molecule has 5 heteroatoms. The largest absolute Gasteiger partial charge is 0.457 e. The van der Waals surface area contributed by atoms with E-state index in [0.29, 0.717) is 17.5 Å². The molecular formula is C60H37N3O2. The molecule has 1 spiro atoms. The second-order valence-electron chi connectivity index (χ2n) is 16.7. The quantitative estimate of drug-likeness (QED) is 0.173. The minimum atomic E-state index is -0.824. The molecular weight excluding hydrogens is 795 g/mol. The van der Waals surface area contributed by atoms with E-state index in [1.165, 1.54) is 0 Å². The van der Waals surface area contributed by atoms with Crippen LogP contribution in [0.4, 0.5) is 0 Å². The average molecular weight is 832 g/mol. The van der Waals surface area contributed by atoms with Crippen LogP contribution >= 0.6 is 0 Å². The predicted octanol–water partition coefficient (Wildman–Crippen LogP) is 15.1. The van der Waals surface area contributed by atoms with Crippen molar-refractivity contribution in [2.45, 2.75) is 5.41 Å². The number of fused-ring (bicyclic) bond motifs is 11. The number of para-hydroxylation sites is 2. The Labute approximate surface area is 375 Å². The molecule has 0 amide bonds. The Morgan fingerprint density at radius 1 is 0.308 bits per heavy atom. The van der Waals surface area contributed by atoms with E-state index in [9.17, 15) is 0 Å². The summed E-state index contributed by atoms with van der Waals surface area (Å²) in [6.07, 6.45) is 4.47. The lowest BCUT2D eigenvalue weighted by Crippen LogP contribution is -2.35. The number of rotatable bonds is 5. The molecule has 2 aliphatic rings. The van der Waals surface area contributed by atoms with Gasteiger partial charge in [-0.25, -0.2) is 15.0 Å². The van der Waals surface area contributed by atoms with Gasteiger partial charge in [-0.15, -0.1) is 0 Å². The molecule has 2 aromatic heterocycles. The highest BCUT2D eigenvalue weighted by atomic mass is 16.5. The third kappa shape index (κ3) is 5.97. The van der Waals surface area contributed by atoms with E-state index < -0.39 is 5.41 Å². The number of ether oxygens (including phenoxy) is 1. The molecule has 11 aromatic rings. The number of hydrogen-bond acceptors (Lipinski definition) is 5. The molecule has 0 bridgehead atoms. The summed E-state index contributed by atoms with van der Waals surface area (Å²) in [5.74, 6) is 3.36. The Morgan fingerprint density at radius 3 is 1.58 bits per heavy atom. The first-order valence-corrected chi connectivity index (χ1v) is 21.9. The molecule has 1 unspecified atom stereocenters. The van der Waals surface area contributed by atoms with E-state index in [-0.39, 0.29) is 0 Å². The van der Waals surface area contributed by atoms with Crippen LogP contribution in [-0.2, 0) is 5.41 Å². The van der Waals surface area contributed by atoms with Crippen molar-refractivity contribution in [3.63, 3.8) is 0 Å². The molecule has 1 aliphatic heterocycles. The topological polar surface area (TPSA) is 61.0 Å². The van der Waals surface area contributed by atoms with Crippen molar-refractivity contribution in [3.8, 4) is 67.9 Å². The van der Waals surface area contributed by atoms with Crippen molar-refractivity contribution >= 4 is 34.1 Å². The molecule has 0 radical (unpaired) electrons. The zero-order chi connectivity index (χ0) is 42.9. The van der Waals surface area contributed by atoms with Gasteiger partial charge in [0.05, 0.1) is 5.41 Å². The lowest BCUT2D eigenvalue weighted by Gasteiger charge is -2.42. The second kappa shape index (κ2) is 14.7. The van der Waals surface area contributed by atoms with Gasteiger partial charge in [-0.1, -0.05) is 176 Å². The SMILES string of the molecule is C1=Cc2ccc(-c3nc(-c4ccccc4)nc(-c4cc(-c5ccccc5)cc(-c5ccccc5)c4)n3)cc2C2(c3ccccc31)c1ccccc1Oc1cc3c(cc12)oc1ccccc13. The fourth-order valence-corrected chi connectivity index (χ4v) is 10.0. The minimum absolute atomic E-state index is 0.577. The van der Waals surface area contributed by atoms with E-state index in [0.717, 1.165) is 106 Å². The van der Waals surface area contributed by atoms with Crippen molar-refractivity contribution in [2.75, 3.05) is 0 Å². The van der Waals surface area contributed by atoms with Gasteiger partial charge in [-0.05, 0) is 93.0 Å². The summed E-state index contributed by atoms with van der Waals surface area (Å²) in [5.41, 5.74) is 14.4. The maximum atomic E-state index is 6.93. The van der Waals surface area contributed by atoms with Crippen LogP contribution in [0.5, 0.6) is 11.5 Å². The van der Waals surface area contributed by atoms with E-state index in [4.69, 9.17) is 24.1 Å². The summed E-state index contributed by atoms with van der Waals surface area (Å²) >= 11 is 0. The monoisotopic (exact) mass is 831 g/mol. The zero-order valence-corrected chi connectivity index (χ0v) is 35.0. The minimum Gasteiger partial charge on any atom is -0.457 e. The number of furan rings is 1. The number of nitrogens with zero attached hydrogens (tertiary/aromatic N) is 3. The normalized spacial score (nSPS) is 14.6. The van der Waals surface area contributed by atoms with Gasteiger partial charge in [0.2, 0.25) is 0 Å². The Bertz CT molecular complexity index is 3630. The van der Waals surface area contributed by atoms with E-state index >= 15 is 0 Å². The van der Waals surface area contributed by atoms with E-state index in [1.54, 1.807) is 0 Å². The van der Waals surface area contributed by atoms with Crippen LogP contribution in [0.3, 0.4) is 0 Å². The summed E-state index contributed by atoms with van der Waals surface area (Å²) in [4.78, 5) is 15.9. The Morgan fingerprint density at radius 2 is 0.862 bits per heavy atom. The van der Waals surface area contributed by atoms with E-state index in [1.807, 2.05) is 42.5 Å².